The summed E-state index contributed by atoms with van der Waals surface area (Å²) < 4.78 is 10.0. The molecule has 0 spiro atoms. The molecule has 2 amide bonds. The van der Waals surface area contributed by atoms with Crippen molar-refractivity contribution in [2.45, 2.75) is 39.2 Å². The third-order valence-electron chi connectivity index (χ3n) is 5.35. The van der Waals surface area contributed by atoms with Gasteiger partial charge < -0.3 is 9.47 Å². The molecule has 29 heavy (non-hydrogen) atoms. The van der Waals surface area contributed by atoms with Gasteiger partial charge in [0.2, 0.25) is 5.91 Å². The topological polar surface area (TPSA) is 93.2 Å². The first-order valence-electron chi connectivity index (χ1n) is 10.0. The monoisotopic (exact) mass is 402 g/mol. The van der Waals surface area contributed by atoms with Gasteiger partial charge in [0.05, 0.1) is 42.8 Å². The Hall–Kier alpha value is -2.74. The lowest BCUT2D eigenvalue weighted by Gasteiger charge is -2.33. The Morgan fingerprint density at radius 3 is 2.21 bits per heavy atom. The number of rotatable bonds is 6. The largest absolute Gasteiger partial charge is 0.466 e. The molecule has 2 aliphatic rings. The maximum Gasteiger partial charge on any atom is 0.338 e. The predicted molar refractivity (Wildman–Crippen MR) is 104 cm³/mol. The molecule has 2 heterocycles. The van der Waals surface area contributed by atoms with Crippen LogP contribution in [0.5, 0.6) is 0 Å². The number of anilines is 1. The molecule has 2 saturated heterocycles. The van der Waals surface area contributed by atoms with Gasteiger partial charge in [0.25, 0.3) is 5.91 Å². The molecule has 3 rings (SSSR count). The fourth-order valence-electron chi connectivity index (χ4n) is 3.84. The smallest absolute Gasteiger partial charge is 0.338 e. The summed E-state index contributed by atoms with van der Waals surface area (Å²) in [6, 6.07) is 5.74. The number of carbonyl (C=O) groups excluding carboxylic acids is 4. The van der Waals surface area contributed by atoms with Crippen LogP contribution in [-0.4, -0.2) is 61.0 Å². The normalized spacial score (nSPS) is 20.8. The molecule has 1 aromatic carbocycles. The maximum atomic E-state index is 12.9. The SMILES string of the molecule is CCOC(=O)c1ccc(N2C(=O)C[C@@H](N3CCC(C(=O)OCC)CC3)C2=O)cc1. The maximum absolute atomic E-state index is 12.9. The fraction of sp³-hybridized carbons (Fsp3) is 0.524. The van der Waals surface area contributed by atoms with Crippen molar-refractivity contribution in [3.63, 3.8) is 0 Å². The lowest BCUT2D eigenvalue weighted by atomic mass is 9.95. The van der Waals surface area contributed by atoms with E-state index in [1.807, 2.05) is 4.90 Å². The van der Waals surface area contributed by atoms with Crippen molar-refractivity contribution < 1.29 is 28.7 Å². The second-order valence-electron chi connectivity index (χ2n) is 7.12. The molecule has 0 aromatic heterocycles. The number of nitrogens with zero attached hydrogens (tertiary/aromatic N) is 2. The minimum absolute atomic E-state index is 0.114. The first-order chi connectivity index (χ1) is 14.0. The Morgan fingerprint density at radius 1 is 1.00 bits per heavy atom. The molecule has 0 aliphatic carbocycles. The van der Waals surface area contributed by atoms with Crippen LogP contribution in [0.4, 0.5) is 5.69 Å². The molecule has 0 unspecified atom stereocenters. The van der Waals surface area contributed by atoms with Crippen molar-refractivity contribution in [1.82, 2.24) is 4.90 Å². The molecule has 0 bridgehead atoms. The number of esters is 2. The highest BCUT2D eigenvalue weighted by Gasteiger charge is 2.44. The molecule has 8 nitrogen and oxygen atoms in total. The van der Waals surface area contributed by atoms with Crippen molar-refractivity contribution in [2.75, 3.05) is 31.2 Å². The Kier molecular flexibility index (Phi) is 6.64. The molecule has 2 fully saturated rings. The number of amides is 2. The number of hydrogen-bond acceptors (Lipinski definition) is 7. The highest BCUT2D eigenvalue weighted by Crippen LogP contribution is 2.29. The minimum atomic E-state index is -0.518. The molecular formula is C21H26N2O6. The highest BCUT2D eigenvalue weighted by molar-refractivity contribution is 6.22. The van der Waals surface area contributed by atoms with Crippen molar-refractivity contribution in [3.05, 3.63) is 29.8 Å². The number of likely N-dealkylation sites (tertiary alicyclic amines) is 1. The van der Waals surface area contributed by atoms with E-state index in [1.165, 1.54) is 4.90 Å². The predicted octanol–water partition coefficient (Wildman–Crippen LogP) is 1.77. The lowest BCUT2D eigenvalue weighted by Crippen LogP contribution is -2.47. The number of carbonyl (C=O) groups is 4. The average molecular weight is 402 g/mol. The van der Waals surface area contributed by atoms with Crippen LogP contribution in [0.3, 0.4) is 0 Å². The van der Waals surface area contributed by atoms with Gasteiger partial charge in [-0.25, -0.2) is 9.69 Å². The van der Waals surface area contributed by atoms with Crippen LogP contribution in [-0.2, 0) is 23.9 Å². The fourth-order valence-corrected chi connectivity index (χ4v) is 3.84. The van der Waals surface area contributed by atoms with Crippen LogP contribution in [0.2, 0.25) is 0 Å². The highest BCUT2D eigenvalue weighted by atomic mass is 16.5. The van der Waals surface area contributed by atoms with Gasteiger partial charge in [-0.3, -0.25) is 19.3 Å². The molecule has 2 aliphatic heterocycles. The van der Waals surface area contributed by atoms with E-state index in [-0.39, 0.29) is 36.7 Å². The Morgan fingerprint density at radius 2 is 1.62 bits per heavy atom. The number of imide groups is 1. The first-order valence-corrected chi connectivity index (χ1v) is 10.0. The van der Waals surface area contributed by atoms with E-state index < -0.39 is 12.0 Å². The van der Waals surface area contributed by atoms with Crippen LogP contribution in [0, 0.1) is 5.92 Å². The third-order valence-corrected chi connectivity index (χ3v) is 5.35. The van der Waals surface area contributed by atoms with Crippen LogP contribution >= 0.6 is 0 Å². The zero-order valence-corrected chi connectivity index (χ0v) is 16.8. The van der Waals surface area contributed by atoms with E-state index in [9.17, 15) is 19.2 Å². The van der Waals surface area contributed by atoms with E-state index in [1.54, 1.807) is 38.1 Å². The van der Waals surface area contributed by atoms with Gasteiger partial charge in [0.1, 0.15) is 0 Å². The lowest BCUT2D eigenvalue weighted by molar-refractivity contribution is -0.149. The van der Waals surface area contributed by atoms with Crippen molar-refractivity contribution in [3.8, 4) is 0 Å². The second kappa shape index (κ2) is 9.17. The molecule has 0 N–H and O–H groups in total. The summed E-state index contributed by atoms with van der Waals surface area (Å²) in [6.07, 6.45) is 1.35. The van der Waals surface area contributed by atoms with Gasteiger partial charge >= 0.3 is 11.9 Å². The minimum Gasteiger partial charge on any atom is -0.466 e. The van der Waals surface area contributed by atoms with E-state index in [0.29, 0.717) is 43.8 Å². The zero-order valence-electron chi connectivity index (χ0n) is 16.8. The third kappa shape index (κ3) is 4.48. The molecule has 1 atom stereocenters. The number of hydrogen-bond donors (Lipinski definition) is 0. The molecule has 156 valence electrons. The van der Waals surface area contributed by atoms with Crippen molar-refractivity contribution in [1.29, 1.82) is 0 Å². The van der Waals surface area contributed by atoms with Crippen LogP contribution in [0.15, 0.2) is 24.3 Å². The van der Waals surface area contributed by atoms with E-state index in [2.05, 4.69) is 0 Å². The molecular weight excluding hydrogens is 376 g/mol. The van der Waals surface area contributed by atoms with Crippen molar-refractivity contribution in [2.24, 2.45) is 5.92 Å². The van der Waals surface area contributed by atoms with Crippen LogP contribution < -0.4 is 4.90 Å². The second-order valence-corrected chi connectivity index (χ2v) is 7.12. The van der Waals surface area contributed by atoms with Gasteiger partial charge in [0, 0.05) is 0 Å². The summed E-state index contributed by atoms with van der Waals surface area (Å²) in [5.74, 6) is -1.32. The van der Waals surface area contributed by atoms with Gasteiger partial charge in [-0.15, -0.1) is 0 Å². The summed E-state index contributed by atoms with van der Waals surface area (Å²) in [4.78, 5) is 52.3. The molecule has 0 radical (unpaired) electrons. The van der Waals surface area contributed by atoms with Crippen molar-refractivity contribution >= 4 is 29.4 Å². The van der Waals surface area contributed by atoms with Gasteiger partial charge in [-0.1, -0.05) is 0 Å². The number of benzene rings is 1. The zero-order chi connectivity index (χ0) is 21.0. The molecule has 8 heteroatoms. The van der Waals surface area contributed by atoms with E-state index >= 15 is 0 Å². The van der Waals surface area contributed by atoms with Crippen LogP contribution in [0.25, 0.3) is 0 Å². The Balaban J connectivity index is 1.64. The summed E-state index contributed by atoms with van der Waals surface area (Å²) in [5.41, 5.74) is 0.809. The summed E-state index contributed by atoms with van der Waals surface area (Å²) in [7, 11) is 0. The van der Waals surface area contributed by atoms with Crippen LogP contribution in [0.1, 0.15) is 43.5 Å². The summed E-state index contributed by atoms with van der Waals surface area (Å²) in [5, 5.41) is 0. The molecule has 0 saturated carbocycles. The quantitative estimate of drug-likeness (QED) is 0.529. The van der Waals surface area contributed by atoms with Gasteiger partial charge in [-0.05, 0) is 64.0 Å². The summed E-state index contributed by atoms with van der Waals surface area (Å²) in [6.45, 7) is 5.29. The Labute approximate surface area is 169 Å². The standard InChI is InChI=1S/C21H26N2O6/c1-3-28-20(26)14-5-7-16(8-6-14)23-18(24)13-17(19(23)25)22-11-9-15(10-12-22)21(27)29-4-2/h5-8,15,17H,3-4,9-13H2,1-2H3/t17-/m1/s1. The number of ether oxygens (including phenoxy) is 2. The van der Waals surface area contributed by atoms with E-state index in [4.69, 9.17) is 9.47 Å². The van der Waals surface area contributed by atoms with Gasteiger partial charge in [-0.2, -0.15) is 0 Å². The Bertz CT molecular complexity index is 783. The summed E-state index contributed by atoms with van der Waals surface area (Å²) >= 11 is 0. The average Bonchev–Trinajstić information content (AvgIpc) is 3.02. The van der Waals surface area contributed by atoms with E-state index in [0.717, 1.165) is 0 Å². The van der Waals surface area contributed by atoms with Gasteiger partial charge in [0.15, 0.2) is 0 Å². The first kappa shape index (κ1) is 21.0. The number of piperidine rings is 1. The molecule has 1 aromatic rings.